The highest BCUT2D eigenvalue weighted by atomic mass is 16.2. The van der Waals surface area contributed by atoms with Crippen LogP contribution in [0.15, 0.2) is 24.3 Å². The third-order valence-corrected chi connectivity index (χ3v) is 8.31. The highest BCUT2D eigenvalue weighted by Crippen LogP contribution is 2.31. The Kier molecular flexibility index (Phi) is 10.0. The Bertz CT molecular complexity index is 791. The number of hydrogen-bond donors (Lipinski definition) is 1. The molecule has 3 aliphatic rings. The molecule has 2 amide bonds. The van der Waals surface area contributed by atoms with Gasteiger partial charge in [-0.3, -0.25) is 14.5 Å². The molecule has 2 aliphatic heterocycles. The number of carbonyl (C=O) groups is 2. The van der Waals surface area contributed by atoms with E-state index in [-0.39, 0.29) is 17.9 Å². The van der Waals surface area contributed by atoms with Gasteiger partial charge in [-0.1, -0.05) is 44.7 Å². The van der Waals surface area contributed by atoms with Crippen molar-refractivity contribution >= 4 is 11.8 Å². The van der Waals surface area contributed by atoms with Crippen molar-refractivity contribution in [2.75, 3.05) is 52.4 Å². The normalized spacial score (nSPS) is 21.2. The van der Waals surface area contributed by atoms with Crippen molar-refractivity contribution in [1.82, 2.24) is 20.0 Å². The summed E-state index contributed by atoms with van der Waals surface area (Å²) in [5.41, 5.74) is 2.08. The maximum Gasteiger partial charge on any atom is 0.253 e. The van der Waals surface area contributed by atoms with Gasteiger partial charge >= 0.3 is 0 Å². The highest BCUT2D eigenvalue weighted by Gasteiger charge is 2.37. The van der Waals surface area contributed by atoms with Crippen LogP contribution in [0.1, 0.15) is 80.6 Å². The van der Waals surface area contributed by atoms with Gasteiger partial charge in [0.15, 0.2) is 0 Å². The van der Waals surface area contributed by atoms with Crippen molar-refractivity contribution in [1.29, 1.82) is 0 Å². The molecule has 1 saturated carbocycles. The second-order valence-electron chi connectivity index (χ2n) is 10.8. The number of nitrogens with zero attached hydrogens (tertiary/aromatic N) is 3. The summed E-state index contributed by atoms with van der Waals surface area (Å²) in [7, 11) is 0. The van der Waals surface area contributed by atoms with Gasteiger partial charge in [-0.15, -0.1) is 0 Å². The van der Waals surface area contributed by atoms with E-state index in [4.69, 9.17) is 0 Å². The van der Waals surface area contributed by atoms with Gasteiger partial charge in [0.2, 0.25) is 5.91 Å². The lowest BCUT2D eigenvalue weighted by Crippen LogP contribution is -2.58. The molecule has 0 bridgehead atoms. The molecule has 2 heterocycles. The van der Waals surface area contributed by atoms with Crippen LogP contribution in [0.3, 0.4) is 0 Å². The third-order valence-electron chi connectivity index (χ3n) is 8.31. The van der Waals surface area contributed by atoms with Gasteiger partial charge < -0.3 is 15.1 Å². The highest BCUT2D eigenvalue weighted by molar-refractivity contribution is 5.94. The van der Waals surface area contributed by atoms with Gasteiger partial charge in [0.05, 0.1) is 6.04 Å². The predicted molar refractivity (Wildman–Crippen MR) is 142 cm³/mol. The van der Waals surface area contributed by atoms with E-state index in [0.717, 1.165) is 51.0 Å². The van der Waals surface area contributed by atoms with Crippen LogP contribution in [0.2, 0.25) is 0 Å². The van der Waals surface area contributed by atoms with Gasteiger partial charge in [0, 0.05) is 44.8 Å². The molecule has 1 N–H and O–H groups in total. The molecule has 1 aliphatic carbocycles. The van der Waals surface area contributed by atoms with E-state index in [1.165, 1.54) is 63.6 Å². The Morgan fingerprint density at radius 1 is 0.914 bits per heavy atom. The molecule has 6 heteroatoms. The van der Waals surface area contributed by atoms with E-state index in [2.05, 4.69) is 34.2 Å². The topological polar surface area (TPSA) is 55.9 Å². The van der Waals surface area contributed by atoms with E-state index in [9.17, 15) is 9.59 Å². The zero-order valence-electron chi connectivity index (χ0n) is 21.9. The van der Waals surface area contributed by atoms with Crippen molar-refractivity contribution in [2.24, 2.45) is 5.92 Å². The van der Waals surface area contributed by atoms with Crippen molar-refractivity contribution < 1.29 is 9.59 Å². The van der Waals surface area contributed by atoms with Crippen LogP contribution in [0.4, 0.5) is 0 Å². The molecule has 35 heavy (non-hydrogen) atoms. The lowest BCUT2D eigenvalue weighted by Gasteiger charge is -2.41. The quantitative estimate of drug-likeness (QED) is 0.549. The molecule has 4 rings (SSSR count). The fraction of sp³-hybridized carbons (Fsp3) is 0.724. The maximum absolute atomic E-state index is 13.4. The summed E-state index contributed by atoms with van der Waals surface area (Å²) in [6.07, 6.45) is 12.1. The van der Waals surface area contributed by atoms with Crippen LogP contribution in [0, 0.1) is 5.92 Å². The average Bonchev–Trinajstić information content (AvgIpc) is 3.43. The smallest absolute Gasteiger partial charge is 0.253 e. The summed E-state index contributed by atoms with van der Waals surface area (Å²) in [6, 6.07) is 8.12. The summed E-state index contributed by atoms with van der Waals surface area (Å²) in [5.74, 6) is 0.773. The summed E-state index contributed by atoms with van der Waals surface area (Å²) in [5, 5.41) is 3.28. The number of amides is 2. The number of aryl methyl sites for hydroxylation is 1. The monoisotopic (exact) mass is 482 g/mol. The number of hydrogen-bond acceptors (Lipinski definition) is 4. The van der Waals surface area contributed by atoms with Crippen LogP contribution in [-0.2, 0) is 11.2 Å². The first-order chi connectivity index (χ1) is 17.2. The Hall–Kier alpha value is -1.92. The first kappa shape index (κ1) is 26.2. The van der Waals surface area contributed by atoms with Gasteiger partial charge in [0.25, 0.3) is 5.91 Å². The lowest BCUT2D eigenvalue weighted by molar-refractivity contribution is -0.129. The fourth-order valence-electron chi connectivity index (χ4n) is 6.16. The summed E-state index contributed by atoms with van der Waals surface area (Å²) < 4.78 is 0. The minimum absolute atomic E-state index is 0.0473. The first-order valence-corrected chi connectivity index (χ1v) is 14.3. The summed E-state index contributed by atoms with van der Waals surface area (Å²) in [4.78, 5) is 33.3. The second kappa shape index (κ2) is 13.4. The lowest BCUT2D eigenvalue weighted by atomic mass is 9.95. The largest absolute Gasteiger partial charge is 0.353 e. The molecule has 0 aromatic heterocycles. The molecule has 1 aromatic rings. The Morgan fingerprint density at radius 2 is 1.60 bits per heavy atom. The summed E-state index contributed by atoms with van der Waals surface area (Å²) in [6.45, 7) is 9.19. The van der Waals surface area contributed by atoms with Crippen molar-refractivity contribution in [2.45, 2.75) is 77.2 Å². The Morgan fingerprint density at radius 3 is 2.26 bits per heavy atom. The molecule has 1 aromatic carbocycles. The second-order valence-corrected chi connectivity index (χ2v) is 10.8. The molecule has 0 radical (unpaired) electrons. The molecule has 3 fully saturated rings. The molecule has 194 valence electrons. The number of carbonyl (C=O) groups excluding carboxylic acids is 2. The van der Waals surface area contributed by atoms with Gasteiger partial charge in [-0.2, -0.15) is 0 Å². The maximum atomic E-state index is 13.4. The first-order valence-electron chi connectivity index (χ1n) is 14.3. The van der Waals surface area contributed by atoms with E-state index in [1.54, 1.807) is 0 Å². The number of unbranched alkanes of at least 4 members (excludes halogenated alkanes) is 1. The number of benzene rings is 1. The minimum atomic E-state index is -0.0473. The molecule has 6 nitrogen and oxygen atoms in total. The van der Waals surface area contributed by atoms with Crippen molar-refractivity contribution in [3.05, 3.63) is 35.4 Å². The number of piperidine rings is 1. The summed E-state index contributed by atoms with van der Waals surface area (Å²) >= 11 is 0. The van der Waals surface area contributed by atoms with Crippen LogP contribution < -0.4 is 5.32 Å². The zero-order chi connectivity index (χ0) is 24.5. The fourth-order valence-corrected chi connectivity index (χ4v) is 6.16. The van der Waals surface area contributed by atoms with E-state index in [0.29, 0.717) is 19.0 Å². The van der Waals surface area contributed by atoms with Gasteiger partial charge in [0.1, 0.15) is 0 Å². The van der Waals surface area contributed by atoms with E-state index < -0.39 is 0 Å². The third kappa shape index (κ3) is 7.29. The number of nitrogens with one attached hydrogen (secondary N) is 1. The molecule has 0 spiro atoms. The minimum Gasteiger partial charge on any atom is -0.353 e. The van der Waals surface area contributed by atoms with Crippen molar-refractivity contribution in [3.8, 4) is 0 Å². The Labute approximate surface area is 212 Å². The molecule has 1 atom stereocenters. The van der Waals surface area contributed by atoms with E-state index >= 15 is 0 Å². The zero-order valence-corrected chi connectivity index (χ0v) is 21.9. The average molecular weight is 483 g/mol. The number of likely N-dealkylation sites (tertiary alicyclic amines) is 1. The molecule has 0 unspecified atom stereocenters. The standard InChI is InChI=1S/C29H46N4O2/c1-2-3-9-24-12-14-26(15-13-24)29(35)33-22-20-32(21-23-33)27(25-10-5-6-11-25)28(34)30-16-19-31-17-7-4-8-18-31/h12-15,25,27H,2-11,16-23H2,1H3,(H,30,34)/t27-/m1/s1. The molecular weight excluding hydrogens is 436 g/mol. The van der Waals surface area contributed by atoms with Crippen LogP contribution in [0.5, 0.6) is 0 Å². The number of rotatable bonds is 10. The van der Waals surface area contributed by atoms with Crippen molar-refractivity contribution in [3.63, 3.8) is 0 Å². The number of piperazine rings is 1. The van der Waals surface area contributed by atoms with Gasteiger partial charge in [-0.05, 0) is 75.2 Å². The van der Waals surface area contributed by atoms with E-state index in [1.807, 2.05) is 17.0 Å². The van der Waals surface area contributed by atoms with Crippen LogP contribution in [-0.4, -0.2) is 84.9 Å². The molecule has 2 saturated heterocycles. The molecular formula is C29H46N4O2. The predicted octanol–water partition coefficient (Wildman–Crippen LogP) is 3.95. The SMILES string of the molecule is CCCCc1ccc(C(=O)N2CCN([C@@H](C(=O)NCCN3CCCCC3)C3CCCC3)CC2)cc1. The Balaban J connectivity index is 1.29. The van der Waals surface area contributed by atoms with Gasteiger partial charge in [-0.25, -0.2) is 0 Å². The van der Waals surface area contributed by atoms with Crippen LogP contribution >= 0.6 is 0 Å². The van der Waals surface area contributed by atoms with Crippen LogP contribution in [0.25, 0.3) is 0 Å².